The molecule has 0 amide bonds. The SMILES string of the molecule is Clc1ccc2c(N3CCCC3)nc(-c3ccccc3Cl)nc2c1. The van der Waals surface area contributed by atoms with Gasteiger partial charge in [-0.1, -0.05) is 35.3 Å². The van der Waals surface area contributed by atoms with Crippen molar-refractivity contribution in [2.24, 2.45) is 0 Å². The van der Waals surface area contributed by atoms with Gasteiger partial charge >= 0.3 is 0 Å². The molecule has 0 saturated carbocycles. The Labute approximate surface area is 144 Å². The van der Waals surface area contributed by atoms with Crippen LogP contribution in [0, 0.1) is 0 Å². The van der Waals surface area contributed by atoms with E-state index in [9.17, 15) is 0 Å². The minimum atomic E-state index is 0.646. The summed E-state index contributed by atoms with van der Waals surface area (Å²) >= 11 is 12.5. The molecule has 1 saturated heterocycles. The van der Waals surface area contributed by atoms with Crippen LogP contribution in [0.1, 0.15) is 12.8 Å². The van der Waals surface area contributed by atoms with Crippen LogP contribution in [-0.2, 0) is 0 Å². The van der Waals surface area contributed by atoms with E-state index in [0.717, 1.165) is 35.4 Å². The molecule has 2 aromatic carbocycles. The maximum atomic E-state index is 6.33. The number of hydrogen-bond acceptors (Lipinski definition) is 3. The van der Waals surface area contributed by atoms with Gasteiger partial charge in [-0.05, 0) is 43.2 Å². The zero-order valence-electron chi connectivity index (χ0n) is 12.5. The van der Waals surface area contributed by atoms with Gasteiger partial charge in [0, 0.05) is 29.1 Å². The first kappa shape index (κ1) is 14.7. The fourth-order valence-electron chi connectivity index (χ4n) is 3.02. The third-order valence-electron chi connectivity index (χ3n) is 4.16. The van der Waals surface area contributed by atoms with Crippen molar-refractivity contribution in [1.29, 1.82) is 0 Å². The van der Waals surface area contributed by atoms with Crippen molar-refractivity contribution in [2.75, 3.05) is 18.0 Å². The molecule has 5 heteroatoms. The van der Waals surface area contributed by atoms with Crippen molar-refractivity contribution in [3.05, 3.63) is 52.5 Å². The van der Waals surface area contributed by atoms with Crippen LogP contribution in [0.2, 0.25) is 10.0 Å². The molecule has 1 aromatic heterocycles. The molecule has 2 heterocycles. The molecule has 0 unspecified atom stereocenters. The van der Waals surface area contributed by atoms with Crippen LogP contribution in [0.3, 0.4) is 0 Å². The molecule has 0 N–H and O–H groups in total. The Morgan fingerprint density at radius 1 is 0.913 bits per heavy atom. The van der Waals surface area contributed by atoms with E-state index in [4.69, 9.17) is 33.2 Å². The Bertz CT molecular complexity index is 873. The number of rotatable bonds is 2. The minimum absolute atomic E-state index is 0.646. The first-order valence-corrected chi connectivity index (χ1v) is 8.45. The highest BCUT2D eigenvalue weighted by molar-refractivity contribution is 6.33. The lowest BCUT2D eigenvalue weighted by Gasteiger charge is -2.19. The largest absolute Gasteiger partial charge is 0.356 e. The average Bonchev–Trinajstić information content (AvgIpc) is 3.08. The third-order valence-corrected chi connectivity index (χ3v) is 4.72. The molecule has 0 atom stereocenters. The lowest BCUT2D eigenvalue weighted by molar-refractivity contribution is 0.941. The molecule has 1 fully saturated rings. The highest BCUT2D eigenvalue weighted by atomic mass is 35.5. The lowest BCUT2D eigenvalue weighted by atomic mass is 10.1. The number of hydrogen-bond donors (Lipinski definition) is 0. The predicted molar refractivity (Wildman–Crippen MR) is 96.4 cm³/mol. The molecule has 0 radical (unpaired) electrons. The molecule has 3 nitrogen and oxygen atoms in total. The number of halogens is 2. The Balaban J connectivity index is 1.97. The second-order valence-corrected chi connectivity index (χ2v) is 6.55. The molecule has 23 heavy (non-hydrogen) atoms. The molecular weight excluding hydrogens is 329 g/mol. The predicted octanol–water partition coefficient (Wildman–Crippen LogP) is 5.20. The quantitative estimate of drug-likeness (QED) is 0.639. The Morgan fingerprint density at radius 3 is 2.48 bits per heavy atom. The topological polar surface area (TPSA) is 29.0 Å². The zero-order chi connectivity index (χ0) is 15.8. The summed E-state index contributed by atoms with van der Waals surface area (Å²) in [7, 11) is 0. The summed E-state index contributed by atoms with van der Waals surface area (Å²) in [6.07, 6.45) is 2.39. The molecule has 3 aromatic rings. The molecule has 0 spiro atoms. The van der Waals surface area contributed by atoms with E-state index in [2.05, 4.69) is 4.90 Å². The number of fused-ring (bicyclic) bond motifs is 1. The van der Waals surface area contributed by atoms with Gasteiger partial charge in [0.15, 0.2) is 5.82 Å². The highest BCUT2D eigenvalue weighted by Crippen LogP contribution is 2.33. The van der Waals surface area contributed by atoms with Crippen LogP contribution in [0.5, 0.6) is 0 Å². The van der Waals surface area contributed by atoms with E-state index >= 15 is 0 Å². The van der Waals surface area contributed by atoms with Gasteiger partial charge in [0.05, 0.1) is 10.5 Å². The molecule has 4 rings (SSSR count). The molecule has 0 aliphatic carbocycles. The van der Waals surface area contributed by atoms with Crippen molar-refractivity contribution >= 4 is 39.9 Å². The fraction of sp³-hybridized carbons (Fsp3) is 0.222. The molecule has 116 valence electrons. The number of nitrogens with zero attached hydrogens (tertiary/aromatic N) is 3. The van der Waals surface area contributed by atoms with Crippen LogP contribution in [0.4, 0.5) is 5.82 Å². The third kappa shape index (κ3) is 2.75. The molecular formula is C18H15Cl2N3. The van der Waals surface area contributed by atoms with Gasteiger partial charge in [-0.3, -0.25) is 0 Å². The monoisotopic (exact) mass is 343 g/mol. The van der Waals surface area contributed by atoms with Gasteiger partial charge < -0.3 is 4.90 Å². The maximum Gasteiger partial charge on any atom is 0.163 e. The second kappa shape index (κ2) is 5.99. The standard InChI is InChI=1S/C18H15Cl2N3/c19-12-7-8-14-16(11-12)21-17(13-5-1-2-6-15(13)20)22-18(14)23-9-3-4-10-23/h1-2,5-8,11H,3-4,9-10H2. The number of aromatic nitrogens is 2. The van der Waals surface area contributed by atoms with E-state index in [0.29, 0.717) is 15.9 Å². The van der Waals surface area contributed by atoms with E-state index < -0.39 is 0 Å². The Kier molecular flexibility index (Phi) is 3.83. The number of anilines is 1. The van der Waals surface area contributed by atoms with Crippen molar-refractivity contribution in [3.8, 4) is 11.4 Å². The molecule has 1 aliphatic heterocycles. The Hall–Kier alpha value is -1.84. The van der Waals surface area contributed by atoms with Crippen LogP contribution < -0.4 is 4.90 Å². The zero-order valence-corrected chi connectivity index (χ0v) is 14.0. The normalized spacial score (nSPS) is 14.6. The summed E-state index contributed by atoms with van der Waals surface area (Å²) in [5.41, 5.74) is 1.70. The van der Waals surface area contributed by atoms with Gasteiger partial charge in [-0.2, -0.15) is 0 Å². The van der Waals surface area contributed by atoms with Gasteiger partial charge in [0.2, 0.25) is 0 Å². The average molecular weight is 344 g/mol. The summed E-state index contributed by atoms with van der Waals surface area (Å²) in [4.78, 5) is 11.8. The van der Waals surface area contributed by atoms with Gasteiger partial charge in [-0.25, -0.2) is 9.97 Å². The molecule has 0 bridgehead atoms. The summed E-state index contributed by atoms with van der Waals surface area (Å²) in [6.45, 7) is 2.05. The van der Waals surface area contributed by atoms with Crippen LogP contribution >= 0.6 is 23.2 Å². The summed E-state index contributed by atoms with van der Waals surface area (Å²) in [6, 6.07) is 13.4. The van der Waals surface area contributed by atoms with Crippen LogP contribution in [-0.4, -0.2) is 23.1 Å². The fourth-order valence-corrected chi connectivity index (χ4v) is 3.41. The van der Waals surface area contributed by atoms with E-state index in [1.807, 2.05) is 42.5 Å². The number of benzene rings is 2. The summed E-state index contributed by atoms with van der Waals surface area (Å²) in [5.74, 6) is 1.62. The van der Waals surface area contributed by atoms with Crippen molar-refractivity contribution in [3.63, 3.8) is 0 Å². The summed E-state index contributed by atoms with van der Waals surface area (Å²) in [5, 5.41) is 2.36. The summed E-state index contributed by atoms with van der Waals surface area (Å²) < 4.78 is 0. The van der Waals surface area contributed by atoms with Gasteiger partial charge in [0.1, 0.15) is 5.82 Å². The van der Waals surface area contributed by atoms with Crippen molar-refractivity contribution < 1.29 is 0 Å². The Morgan fingerprint density at radius 2 is 1.70 bits per heavy atom. The second-order valence-electron chi connectivity index (χ2n) is 5.71. The van der Waals surface area contributed by atoms with Crippen molar-refractivity contribution in [2.45, 2.75) is 12.8 Å². The van der Waals surface area contributed by atoms with E-state index in [-0.39, 0.29) is 0 Å². The minimum Gasteiger partial charge on any atom is -0.356 e. The van der Waals surface area contributed by atoms with Crippen LogP contribution in [0.25, 0.3) is 22.3 Å². The van der Waals surface area contributed by atoms with Gasteiger partial charge in [-0.15, -0.1) is 0 Å². The lowest BCUT2D eigenvalue weighted by Crippen LogP contribution is -2.20. The maximum absolute atomic E-state index is 6.33. The molecule has 1 aliphatic rings. The van der Waals surface area contributed by atoms with Crippen LogP contribution in [0.15, 0.2) is 42.5 Å². The van der Waals surface area contributed by atoms with Gasteiger partial charge in [0.25, 0.3) is 0 Å². The smallest absolute Gasteiger partial charge is 0.163 e. The van der Waals surface area contributed by atoms with E-state index in [1.54, 1.807) is 0 Å². The van der Waals surface area contributed by atoms with Crippen molar-refractivity contribution in [1.82, 2.24) is 9.97 Å². The van der Waals surface area contributed by atoms with E-state index in [1.165, 1.54) is 12.8 Å². The highest BCUT2D eigenvalue weighted by Gasteiger charge is 2.19. The first-order valence-electron chi connectivity index (χ1n) is 7.69. The first-order chi connectivity index (χ1) is 11.2.